The topological polar surface area (TPSA) is 38.1 Å². The van der Waals surface area contributed by atoms with Crippen LogP contribution in [-0.4, -0.2) is 21.3 Å². The van der Waals surface area contributed by atoms with Crippen LogP contribution in [0.5, 0.6) is 0 Å². The van der Waals surface area contributed by atoms with Crippen molar-refractivity contribution in [2.24, 2.45) is 0 Å². The van der Waals surface area contributed by atoms with Gasteiger partial charge in [-0.2, -0.15) is 0 Å². The van der Waals surface area contributed by atoms with Crippen LogP contribution in [0.1, 0.15) is 5.82 Å². The molecule has 3 nitrogen and oxygen atoms in total. The van der Waals surface area contributed by atoms with Crippen molar-refractivity contribution < 1.29 is 9.50 Å². The molecule has 1 rings (SSSR count). The van der Waals surface area contributed by atoms with Gasteiger partial charge >= 0.3 is 0 Å². The van der Waals surface area contributed by atoms with Crippen LogP contribution in [0, 0.1) is 0 Å². The zero-order valence-electron chi connectivity index (χ0n) is 5.50. The van der Waals surface area contributed by atoms with Crippen LogP contribution < -0.4 is 0 Å². The molecule has 0 saturated heterocycles. The molecule has 0 unspecified atom stereocenters. The van der Waals surface area contributed by atoms with E-state index in [2.05, 4.69) is 4.98 Å². The molecule has 0 saturated carbocycles. The van der Waals surface area contributed by atoms with Crippen LogP contribution in [-0.2, 0) is 13.2 Å². The molecule has 0 spiro atoms. The van der Waals surface area contributed by atoms with E-state index in [9.17, 15) is 4.39 Å². The molecule has 1 heterocycles. The standard InChI is InChI=1S/C6H9FN2O/c7-5-9-3-2-8-6(9)1-4-10/h2-3,10H,1,4-5H2. The largest absolute Gasteiger partial charge is 0.396 e. The van der Waals surface area contributed by atoms with Gasteiger partial charge in [0.05, 0.1) is 6.61 Å². The van der Waals surface area contributed by atoms with E-state index in [0.29, 0.717) is 12.2 Å². The second kappa shape index (κ2) is 3.31. The molecule has 56 valence electrons. The number of hydrogen-bond donors (Lipinski definition) is 1. The molecule has 0 radical (unpaired) electrons. The lowest BCUT2D eigenvalue weighted by Gasteiger charge is -1.98. The molecule has 1 N–H and O–H groups in total. The van der Waals surface area contributed by atoms with Crippen molar-refractivity contribution in [1.82, 2.24) is 9.55 Å². The Hall–Kier alpha value is -0.900. The lowest BCUT2D eigenvalue weighted by molar-refractivity contribution is 0.289. The number of hydrogen-bond acceptors (Lipinski definition) is 2. The highest BCUT2D eigenvalue weighted by molar-refractivity contribution is 4.91. The summed E-state index contributed by atoms with van der Waals surface area (Å²) >= 11 is 0. The summed E-state index contributed by atoms with van der Waals surface area (Å²) in [5.41, 5.74) is 0. The van der Waals surface area contributed by atoms with Gasteiger partial charge in [-0.25, -0.2) is 9.37 Å². The van der Waals surface area contributed by atoms with Gasteiger partial charge in [-0.05, 0) is 0 Å². The maximum Gasteiger partial charge on any atom is 0.166 e. The van der Waals surface area contributed by atoms with E-state index in [-0.39, 0.29) is 6.61 Å². The van der Waals surface area contributed by atoms with Crippen molar-refractivity contribution in [2.75, 3.05) is 6.61 Å². The number of halogens is 1. The Morgan fingerprint density at radius 2 is 2.50 bits per heavy atom. The molecule has 1 aromatic rings. The predicted molar refractivity (Wildman–Crippen MR) is 34.1 cm³/mol. The summed E-state index contributed by atoms with van der Waals surface area (Å²) < 4.78 is 13.3. The number of aromatic nitrogens is 2. The molecule has 0 aromatic carbocycles. The van der Waals surface area contributed by atoms with E-state index in [4.69, 9.17) is 5.11 Å². The minimum absolute atomic E-state index is 0.0109. The van der Waals surface area contributed by atoms with Gasteiger partial charge in [-0.3, -0.25) is 0 Å². The summed E-state index contributed by atoms with van der Waals surface area (Å²) in [5, 5.41) is 8.48. The summed E-state index contributed by atoms with van der Waals surface area (Å²) in [4.78, 5) is 3.84. The van der Waals surface area contributed by atoms with Crippen molar-refractivity contribution in [3.05, 3.63) is 18.2 Å². The minimum Gasteiger partial charge on any atom is -0.396 e. The third-order valence-electron chi connectivity index (χ3n) is 1.27. The summed E-state index contributed by atoms with van der Waals surface area (Å²) in [6.07, 6.45) is 3.48. The highest BCUT2D eigenvalue weighted by Crippen LogP contribution is 1.97. The van der Waals surface area contributed by atoms with E-state index in [1.165, 1.54) is 10.8 Å². The van der Waals surface area contributed by atoms with Crippen LogP contribution in [0.4, 0.5) is 4.39 Å². The average Bonchev–Trinajstić information content (AvgIpc) is 2.36. The van der Waals surface area contributed by atoms with Gasteiger partial charge in [0.1, 0.15) is 5.82 Å². The quantitative estimate of drug-likeness (QED) is 0.664. The summed E-state index contributed by atoms with van der Waals surface area (Å²) in [7, 11) is 0. The van der Waals surface area contributed by atoms with Gasteiger partial charge in [-0.1, -0.05) is 0 Å². The fourth-order valence-corrected chi connectivity index (χ4v) is 0.777. The Bertz CT molecular complexity index is 199. The molecule has 4 heteroatoms. The molecule has 0 atom stereocenters. The Morgan fingerprint density at radius 3 is 3.10 bits per heavy atom. The van der Waals surface area contributed by atoms with E-state index in [1.807, 2.05) is 0 Å². The van der Waals surface area contributed by atoms with Gasteiger partial charge in [-0.15, -0.1) is 0 Å². The third-order valence-corrected chi connectivity index (χ3v) is 1.27. The van der Waals surface area contributed by atoms with E-state index >= 15 is 0 Å². The van der Waals surface area contributed by atoms with Crippen molar-refractivity contribution in [1.29, 1.82) is 0 Å². The number of aliphatic hydroxyl groups excluding tert-OH is 1. The van der Waals surface area contributed by atoms with Gasteiger partial charge in [0, 0.05) is 18.8 Å². The Labute approximate surface area is 58.1 Å². The van der Waals surface area contributed by atoms with Crippen LogP contribution in [0.3, 0.4) is 0 Å². The van der Waals surface area contributed by atoms with Gasteiger partial charge in [0.25, 0.3) is 0 Å². The van der Waals surface area contributed by atoms with E-state index in [0.717, 1.165) is 0 Å². The minimum atomic E-state index is -0.574. The zero-order valence-corrected chi connectivity index (χ0v) is 5.50. The van der Waals surface area contributed by atoms with Crippen LogP contribution in [0.2, 0.25) is 0 Å². The van der Waals surface area contributed by atoms with E-state index < -0.39 is 6.80 Å². The first-order chi connectivity index (χ1) is 4.88. The second-order valence-corrected chi connectivity index (χ2v) is 1.91. The zero-order chi connectivity index (χ0) is 7.40. The van der Waals surface area contributed by atoms with Crippen molar-refractivity contribution in [3.8, 4) is 0 Å². The highest BCUT2D eigenvalue weighted by atomic mass is 19.1. The lowest BCUT2D eigenvalue weighted by atomic mass is 10.4. The van der Waals surface area contributed by atoms with E-state index in [1.54, 1.807) is 6.20 Å². The Kier molecular flexibility index (Phi) is 2.39. The smallest absolute Gasteiger partial charge is 0.166 e. The Morgan fingerprint density at radius 1 is 1.70 bits per heavy atom. The third kappa shape index (κ3) is 1.33. The number of nitrogens with zero attached hydrogens (tertiary/aromatic N) is 2. The first-order valence-corrected chi connectivity index (χ1v) is 3.05. The monoisotopic (exact) mass is 144 g/mol. The average molecular weight is 144 g/mol. The molecule has 1 aromatic heterocycles. The molecule has 0 amide bonds. The van der Waals surface area contributed by atoms with Crippen molar-refractivity contribution >= 4 is 0 Å². The van der Waals surface area contributed by atoms with Gasteiger partial charge < -0.3 is 9.67 Å². The molecule has 0 aliphatic carbocycles. The number of imidazole rings is 1. The fraction of sp³-hybridized carbons (Fsp3) is 0.500. The van der Waals surface area contributed by atoms with Gasteiger partial charge in [0.2, 0.25) is 0 Å². The van der Waals surface area contributed by atoms with Crippen LogP contribution in [0.15, 0.2) is 12.4 Å². The predicted octanol–water partition coefficient (Wildman–Crippen LogP) is 0.345. The van der Waals surface area contributed by atoms with Crippen molar-refractivity contribution in [3.63, 3.8) is 0 Å². The maximum absolute atomic E-state index is 12.0. The van der Waals surface area contributed by atoms with Crippen LogP contribution in [0.25, 0.3) is 0 Å². The highest BCUT2D eigenvalue weighted by Gasteiger charge is 1.98. The SMILES string of the molecule is OCCc1nccn1CF. The first-order valence-electron chi connectivity index (χ1n) is 3.05. The van der Waals surface area contributed by atoms with Crippen LogP contribution >= 0.6 is 0 Å². The maximum atomic E-state index is 12.0. The lowest BCUT2D eigenvalue weighted by Crippen LogP contribution is -2.02. The number of aliphatic hydroxyl groups is 1. The molecule has 0 fully saturated rings. The number of rotatable bonds is 3. The first kappa shape index (κ1) is 7.21. The molecular formula is C6H9FN2O. The summed E-state index contributed by atoms with van der Waals surface area (Å²) in [6.45, 7) is -0.563. The second-order valence-electron chi connectivity index (χ2n) is 1.91. The number of alkyl halides is 1. The molecule has 10 heavy (non-hydrogen) atoms. The Balaban J connectivity index is 2.70. The molecule has 0 aliphatic rings. The van der Waals surface area contributed by atoms with Crippen molar-refractivity contribution in [2.45, 2.75) is 13.2 Å². The molecule has 0 bridgehead atoms. The fourth-order valence-electron chi connectivity index (χ4n) is 0.777. The molecule has 0 aliphatic heterocycles. The normalized spacial score (nSPS) is 10.2. The van der Waals surface area contributed by atoms with Gasteiger partial charge in [0.15, 0.2) is 6.80 Å². The summed E-state index contributed by atoms with van der Waals surface area (Å²) in [6, 6.07) is 0. The molecular weight excluding hydrogens is 135 g/mol. The summed E-state index contributed by atoms with van der Waals surface area (Å²) in [5.74, 6) is 0.588.